The van der Waals surface area contributed by atoms with Crippen molar-refractivity contribution in [2.75, 3.05) is 25.5 Å². The number of nitrogens with one attached hydrogen (secondary N) is 1. The van der Waals surface area contributed by atoms with Crippen LogP contribution < -0.4 is 10.5 Å². The number of rotatable bonds is 5. The molecule has 102 valence electrons. The molecule has 0 aromatic carbocycles. The summed E-state index contributed by atoms with van der Waals surface area (Å²) in [6.45, 7) is 4.12. The summed E-state index contributed by atoms with van der Waals surface area (Å²) in [7, 11) is -3.58. The van der Waals surface area contributed by atoms with Crippen molar-refractivity contribution in [2.45, 2.75) is 24.8 Å². The SMILES string of the molecule is CCn1cc(S(=O)(=O)NCC2CCOC2)c(N)n1. The van der Waals surface area contributed by atoms with Crippen molar-refractivity contribution < 1.29 is 13.2 Å². The van der Waals surface area contributed by atoms with Crippen LogP contribution in [0.25, 0.3) is 0 Å². The van der Waals surface area contributed by atoms with E-state index < -0.39 is 10.0 Å². The monoisotopic (exact) mass is 274 g/mol. The molecule has 0 spiro atoms. The van der Waals surface area contributed by atoms with Crippen LogP contribution in [0, 0.1) is 5.92 Å². The molecule has 18 heavy (non-hydrogen) atoms. The number of hydrogen-bond acceptors (Lipinski definition) is 5. The lowest BCUT2D eigenvalue weighted by Crippen LogP contribution is -2.29. The van der Waals surface area contributed by atoms with Gasteiger partial charge in [0.05, 0.1) is 6.61 Å². The van der Waals surface area contributed by atoms with Crippen molar-refractivity contribution in [1.82, 2.24) is 14.5 Å². The average Bonchev–Trinajstić information content (AvgIpc) is 2.95. The topological polar surface area (TPSA) is 99.2 Å². The minimum Gasteiger partial charge on any atom is -0.381 e. The van der Waals surface area contributed by atoms with Crippen LogP contribution in [-0.2, 0) is 21.3 Å². The molecule has 2 heterocycles. The lowest BCUT2D eigenvalue weighted by molar-refractivity contribution is 0.186. The van der Waals surface area contributed by atoms with Crippen LogP contribution >= 0.6 is 0 Å². The molecule has 0 radical (unpaired) electrons. The first-order valence-corrected chi connectivity index (χ1v) is 7.41. The van der Waals surface area contributed by atoms with Gasteiger partial charge in [0.25, 0.3) is 0 Å². The van der Waals surface area contributed by atoms with E-state index >= 15 is 0 Å². The predicted octanol–water partition coefficient (Wildman–Crippen LogP) is -0.200. The van der Waals surface area contributed by atoms with Crippen LogP contribution in [0.3, 0.4) is 0 Å². The van der Waals surface area contributed by atoms with Crippen LogP contribution in [0.1, 0.15) is 13.3 Å². The van der Waals surface area contributed by atoms with E-state index in [1.165, 1.54) is 10.9 Å². The van der Waals surface area contributed by atoms with Crippen LogP contribution in [0.2, 0.25) is 0 Å². The molecule has 0 saturated carbocycles. The van der Waals surface area contributed by atoms with Gasteiger partial charge in [-0.1, -0.05) is 0 Å². The Hall–Kier alpha value is -1.12. The Kier molecular flexibility index (Phi) is 3.88. The summed E-state index contributed by atoms with van der Waals surface area (Å²) >= 11 is 0. The Labute approximate surface area is 106 Å². The zero-order chi connectivity index (χ0) is 13.2. The fourth-order valence-corrected chi connectivity index (χ4v) is 3.02. The second-order valence-electron chi connectivity index (χ2n) is 4.32. The normalized spacial score (nSPS) is 20.4. The van der Waals surface area contributed by atoms with Crippen molar-refractivity contribution in [3.63, 3.8) is 0 Å². The number of hydrogen-bond donors (Lipinski definition) is 2. The van der Waals surface area contributed by atoms with E-state index in [0.29, 0.717) is 26.3 Å². The fourth-order valence-electron chi connectivity index (χ4n) is 1.84. The largest absolute Gasteiger partial charge is 0.381 e. The minimum absolute atomic E-state index is 0.0343. The van der Waals surface area contributed by atoms with Gasteiger partial charge in [0, 0.05) is 25.9 Å². The second-order valence-corrected chi connectivity index (χ2v) is 6.05. The second kappa shape index (κ2) is 5.25. The molecule has 1 atom stereocenters. The third-order valence-electron chi connectivity index (χ3n) is 2.95. The first-order chi connectivity index (χ1) is 8.53. The van der Waals surface area contributed by atoms with E-state index in [9.17, 15) is 8.42 Å². The van der Waals surface area contributed by atoms with E-state index in [2.05, 4.69) is 9.82 Å². The molecule has 1 unspecified atom stereocenters. The van der Waals surface area contributed by atoms with Gasteiger partial charge in [-0.2, -0.15) is 5.10 Å². The maximum atomic E-state index is 12.1. The summed E-state index contributed by atoms with van der Waals surface area (Å²) < 4.78 is 33.4. The van der Waals surface area contributed by atoms with Gasteiger partial charge >= 0.3 is 0 Å². The van der Waals surface area contributed by atoms with Crippen molar-refractivity contribution in [3.8, 4) is 0 Å². The van der Waals surface area contributed by atoms with Gasteiger partial charge in [0.2, 0.25) is 10.0 Å². The molecule has 1 aliphatic rings. The maximum absolute atomic E-state index is 12.1. The maximum Gasteiger partial charge on any atom is 0.245 e. The lowest BCUT2D eigenvalue weighted by atomic mass is 10.1. The summed E-state index contributed by atoms with van der Waals surface area (Å²) in [4.78, 5) is 0.0447. The standard InChI is InChI=1S/C10H18N4O3S/c1-2-14-6-9(10(11)13-14)18(15,16)12-5-8-3-4-17-7-8/h6,8,12H,2-5,7H2,1H3,(H2,11,13). The predicted molar refractivity (Wildman–Crippen MR) is 66.4 cm³/mol. The highest BCUT2D eigenvalue weighted by Crippen LogP contribution is 2.17. The molecular formula is C10H18N4O3S. The Bertz CT molecular complexity index is 505. The number of nitrogens with two attached hydrogens (primary N) is 1. The zero-order valence-corrected chi connectivity index (χ0v) is 11.1. The molecular weight excluding hydrogens is 256 g/mol. The van der Waals surface area contributed by atoms with Crippen molar-refractivity contribution >= 4 is 15.8 Å². The van der Waals surface area contributed by atoms with E-state index in [0.717, 1.165) is 6.42 Å². The third-order valence-corrected chi connectivity index (χ3v) is 4.39. The molecule has 8 heteroatoms. The lowest BCUT2D eigenvalue weighted by Gasteiger charge is -2.09. The number of anilines is 1. The fraction of sp³-hybridized carbons (Fsp3) is 0.700. The first-order valence-electron chi connectivity index (χ1n) is 5.93. The van der Waals surface area contributed by atoms with E-state index in [1.54, 1.807) is 0 Å². The molecule has 1 aromatic rings. The molecule has 0 bridgehead atoms. The van der Waals surface area contributed by atoms with Gasteiger partial charge in [-0.25, -0.2) is 13.1 Å². The Morgan fingerprint density at radius 1 is 1.67 bits per heavy atom. The Morgan fingerprint density at radius 3 is 3.00 bits per heavy atom. The smallest absolute Gasteiger partial charge is 0.245 e. The van der Waals surface area contributed by atoms with Gasteiger partial charge in [0.15, 0.2) is 5.82 Å². The van der Waals surface area contributed by atoms with Crippen molar-refractivity contribution in [3.05, 3.63) is 6.20 Å². The number of aromatic nitrogens is 2. The highest BCUT2D eigenvalue weighted by Gasteiger charge is 2.23. The zero-order valence-electron chi connectivity index (χ0n) is 10.3. The quantitative estimate of drug-likeness (QED) is 0.774. The number of ether oxygens (including phenoxy) is 1. The molecule has 1 aromatic heterocycles. The molecule has 1 saturated heterocycles. The molecule has 3 N–H and O–H groups in total. The number of aryl methyl sites for hydroxylation is 1. The van der Waals surface area contributed by atoms with Crippen molar-refractivity contribution in [2.24, 2.45) is 5.92 Å². The molecule has 0 aliphatic carbocycles. The molecule has 7 nitrogen and oxygen atoms in total. The highest BCUT2D eigenvalue weighted by atomic mass is 32.2. The third kappa shape index (κ3) is 2.82. The van der Waals surface area contributed by atoms with Crippen LogP contribution in [0.15, 0.2) is 11.1 Å². The Balaban J connectivity index is 2.06. The molecule has 1 fully saturated rings. The van der Waals surface area contributed by atoms with Gasteiger partial charge < -0.3 is 10.5 Å². The first kappa shape index (κ1) is 13.3. The molecule has 2 rings (SSSR count). The van der Waals surface area contributed by atoms with Gasteiger partial charge in [-0.05, 0) is 19.3 Å². The molecule has 1 aliphatic heterocycles. The minimum atomic E-state index is -3.58. The summed E-state index contributed by atoms with van der Waals surface area (Å²) in [6, 6.07) is 0. The van der Waals surface area contributed by atoms with Gasteiger partial charge in [-0.15, -0.1) is 0 Å². The van der Waals surface area contributed by atoms with Gasteiger partial charge in [-0.3, -0.25) is 4.68 Å². The summed E-state index contributed by atoms with van der Waals surface area (Å²) in [5.41, 5.74) is 5.61. The highest BCUT2D eigenvalue weighted by molar-refractivity contribution is 7.89. The number of nitrogens with zero attached hydrogens (tertiary/aromatic N) is 2. The van der Waals surface area contributed by atoms with Crippen molar-refractivity contribution in [1.29, 1.82) is 0 Å². The molecule has 0 amide bonds. The van der Waals surface area contributed by atoms with Crippen LogP contribution in [0.4, 0.5) is 5.82 Å². The van der Waals surface area contributed by atoms with Crippen LogP contribution in [-0.4, -0.2) is 38.0 Å². The van der Waals surface area contributed by atoms with Crippen LogP contribution in [0.5, 0.6) is 0 Å². The van der Waals surface area contributed by atoms with E-state index in [-0.39, 0.29) is 16.6 Å². The summed E-state index contributed by atoms with van der Waals surface area (Å²) in [5.74, 6) is 0.272. The van der Waals surface area contributed by atoms with E-state index in [1.807, 2.05) is 6.92 Å². The van der Waals surface area contributed by atoms with Gasteiger partial charge in [0.1, 0.15) is 4.90 Å². The summed E-state index contributed by atoms with van der Waals surface area (Å²) in [6.07, 6.45) is 2.33. The van der Waals surface area contributed by atoms with E-state index in [4.69, 9.17) is 10.5 Å². The average molecular weight is 274 g/mol. The number of nitrogen functional groups attached to an aromatic ring is 1. The Morgan fingerprint density at radius 2 is 2.44 bits per heavy atom. The number of sulfonamides is 1. The summed E-state index contributed by atoms with van der Waals surface area (Å²) in [5, 5.41) is 3.93.